The highest BCUT2D eigenvalue weighted by molar-refractivity contribution is 6.10. The molecular weight excluding hydrogens is 371 g/mol. The van der Waals surface area contributed by atoms with Crippen LogP contribution >= 0.6 is 0 Å². The average Bonchev–Trinajstić information content (AvgIpc) is 3.35. The van der Waals surface area contributed by atoms with Gasteiger partial charge in [0, 0.05) is 23.0 Å². The van der Waals surface area contributed by atoms with Gasteiger partial charge < -0.3 is 4.74 Å². The van der Waals surface area contributed by atoms with Gasteiger partial charge in [0.1, 0.15) is 11.3 Å². The van der Waals surface area contributed by atoms with Crippen LogP contribution in [0.15, 0.2) is 18.5 Å². The van der Waals surface area contributed by atoms with Crippen molar-refractivity contribution in [3.05, 3.63) is 35.3 Å². The van der Waals surface area contributed by atoms with E-state index in [-0.39, 0.29) is 5.56 Å². The number of methoxy groups -OCH3 is 1. The maximum absolute atomic E-state index is 13.5. The van der Waals surface area contributed by atoms with Crippen molar-refractivity contribution in [3.63, 3.8) is 0 Å². The van der Waals surface area contributed by atoms with Crippen molar-refractivity contribution in [1.29, 1.82) is 0 Å². The number of nitrogens with zero attached hydrogens (tertiary/aromatic N) is 3. The molecule has 0 atom stereocenters. The number of halogens is 3. The van der Waals surface area contributed by atoms with Crippen LogP contribution in [0.25, 0.3) is 33.1 Å². The highest BCUT2D eigenvalue weighted by Crippen LogP contribution is 2.42. The molecule has 9 heteroatoms. The van der Waals surface area contributed by atoms with E-state index in [2.05, 4.69) is 25.4 Å². The molecule has 1 aromatic carbocycles. The summed E-state index contributed by atoms with van der Waals surface area (Å²) >= 11 is 0. The molecule has 6 nitrogen and oxygen atoms in total. The van der Waals surface area contributed by atoms with Gasteiger partial charge in [0.15, 0.2) is 5.69 Å². The predicted octanol–water partition coefficient (Wildman–Crippen LogP) is 4.41. The lowest BCUT2D eigenvalue weighted by molar-refractivity contribution is -0.140. The first kappa shape index (κ1) is 17.0. The molecular formula is C19H16F3N5O. The van der Waals surface area contributed by atoms with E-state index in [9.17, 15) is 13.2 Å². The molecule has 4 aromatic rings. The first-order chi connectivity index (χ1) is 13.5. The quantitative estimate of drug-likeness (QED) is 0.534. The van der Waals surface area contributed by atoms with Crippen LogP contribution in [0, 0.1) is 0 Å². The van der Waals surface area contributed by atoms with Gasteiger partial charge in [-0.05, 0) is 36.8 Å². The Labute approximate surface area is 157 Å². The molecule has 1 aliphatic carbocycles. The second-order valence-electron chi connectivity index (χ2n) is 6.90. The van der Waals surface area contributed by atoms with Crippen LogP contribution in [0.5, 0.6) is 5.75 Å². The van der Waals surface area contributed by atoms with Crippen molar-refractivity contribution >= 4 is 21.8 Å². The summed E-state index contributed by atoms with van der Waals surface area (Å²) in [6, 6.07) is 1.75. The molecule has 0 bridgehead atoms. The second-order valence-corrected chi connectivity index (χ2v) is 6.90. The number of hydrogen-bond donors (Lipinski definition) is 2. The number of ether oxygens (including phenoxy) is 1. The van der Waals surface area contributed by atoms with Crippen LogP contribution in [0.3, 0.4) is 0 Å². The zero-order valence-electron chi connectivity index (χ0n) is 14.9. The molecule has 3 aromatic heterocycles. The highest BCUT2D eigenvalue weighted by atomic mass is 19.4. The van der Waals surface area contributed by atoms with Crippen LogP contribution in [0.4, 0.5) is 13.2 Å². The number of pyridine rings is 1. The average molecular weight is 387 g/mol. The summed E-state index contributed by atoms with van der Waals surface area (Å²) in [6.45, 7) is 0. The predicted molar refractivity (Wildman–Crippen MR) is 97.2 cm³/mol. The lowest BCUT2D eigenvalue weighted by Crippen LogP contribution is -2.11. The number of aromatic nitrogens is 5. The van der Waals surface area contributed by atoms with E-state index in [0.29, 0.717) is 23.4 Å². The molecule has 3 heterocycles. The maximum Gasteiger partial charge on any atom is 0.435 e. The highest BCUT2D eigenvalue weighted by Gasteiger charge is 2.38. The van der Waals surface area contributed by atoms with Crippen LogP contribution in [-0.2, 0) is 19.0 Å². The van der Waals surface area contributed by atoms with Crippen LogP contribution in [0.1, 0.15) is 29.7 Å². The first-order valence-electron chi connectivity index (χ1n) is 8.96. The summed E-state index contributed by atoms with van der Waals surface area (Å²) in [5.74, 6) is 0.553. The number of rotatable bonds is 2. The number of aryl methyl sites for hydroxylation is 1. The molecule has 2 N–H and O–H groups in total. The van der Waals surface area contributed by atoms with Crippen molar-refractivity contribution in [2.75, 3.05) is 7.11 Å². The first-order valence-corrected chi connectivity index (χ1v) is 8.96. The number of aromatic amines is 2. The van der Waals surface area contributed by atoms with Gasteiger partial charge in [-0.15, -0.1) is 0 Å². The fourth-order valence-electron chi connectivity index (χ4n) is 4.18. The zero-order valence-corrected chi connectivity index (χ0v) is 14.9. The minimum atomic E-state index is -4.56. The monoisotopic (exact) mass is 387 g/mol. The molecule has 5 rings (SSSR count). The summed E-state index contributed by atoms with van der Waals surface area (Å²) in [7, 11) is 1.54. The number of H-pyrrole nitrogens is 2. The molecule has 28 heavy (non-hydrogen) atoms. The molecule has 144 valence electrons. The fourth-order valence-corrected chi connectivity index (χ4v) is 4.18. The van der Waals surface area contributed by atoms with Gasteiger partial charge >= 0.3 is 6.18 Å². The van der Waals surface area contributed by atoms with E-state index in [0.717, 1.165) is 46.7 Å². The van der Waals surface area contributed by atoms with E-state index in [1.807, 2.05) is 0 Å². The Bertz CT molecular complexity index is 1210. The minimum absolute atomic E-state index is 0.0150. The molecule has 1 aliphatic rings. The van der Waals surface area contributed by atoms with Gasteiger partial charge in [-0.1, -0.05) is 0 Å². The molecule has 0 fully saturated rings. The summed E-state index contributed by atoms with van der Waals surface area (Å²) < 4.78 is 45.8. The Morgan fingerprint density at radius 2 is 1.93 bits per heavy atom. The fraction of sp³-hybridized carbons (Fsp3) is 0.316. The van der Waals surface area contributed by atoms with Crippen molar-refractivity contribution in [2.45, 2.75) is 31.9 Å². The van der Waals surface area contributed by atoms with Crippen molar-refractivity contribution in [3.8, 4) is 17.0 Å². The number of fused-ring (bicyclic) bond motifs is 5. The summed E-state index contributed by atoms with van der Waals surface area (Å²) in [4.78, 5) is 4.66. The molecule has 0 spiro atoms. The van der Waals surface area contributed by atoms with Gasteiger partial charge in [0.25, 0.3) is 0 Å². The Balaban J connectivity index is 1.90. The van der Waals surface area contributed by atoms with Crippen LogP contribution in [0.2, 0.25) is 0 Å². The minimum Gasteiger partial charge on any atom is -0.494 e. The smallest absolute Gasteiger partial charge is 0.435 e. The van der Waals surface area contributed by atoms with E-state index < -0.39 is 11.9 Å². The van der Waals surface area contributed by atoms with E-state index in [4.69, 9.17) is 4.74 Å². The standard InChI is InChI=1S/C19H16F3N5O/c1-28-14-6-13-15(11-7-23-26-17(11)14)9-4-2-3-5-10(9)16(25-13)12-8-24-27-18(12)19(20,21)22/h6-8H,2-5H2,1H3,(H,23,26)(H,24,27). The van der Waals surface area contributed by atoms with Gasteiger partial charge in [0.05, 0.1) is 30.1 Å². The van der Waals surface area contributed by atoms with Gasteiger partial charge in [0.2, 0.25) is 0 Å². The molecule has 0 aliphatic heterocycles. The summed E-state index contributed by atoms with van der Waals surface area (Å²) in [5, 5.41) is 14.7. The van der Waals surface area contributed by atoms with E-state index >= 15 is 0 Å². The maximum atomic E-state index is 13.5. The van der Waals surface area contributed by atoms with Crippen LogP contribution < -0.4 is 4.74 Å². The number of benzene rings is 1. The molecule has 0 radical (unpaired) electrons. The molecule has 0 unspecified atom stereocenters. The third-order valence-electron chi connectivity index (χ3n) is 5.35. The zero-order chi connectivity index (χ0) is 19.5. The van der Waals surface area contributed by atoms with E-state index in [1.165, 1.54) is 6.20 Å². The van der Waals surface area contributed by atoms with Crippen molar-refractivity contribution < 1.29 is 17.9 Å². The van der Waals surface area contributed by atoms with Crippen molar-refractivity contribution in [2.24, 2.45) is 0 Å². The molecule has 0 amide bonds. The summed E-state index contributed by atoms with van der Waals surface area (Å²) in [5.41, 5.74) is 2.63. The topological polar surface area (TPSA) is 79.5 Å². The van der Waals surface area contributed by atoms with Crippen molar-refractivity contribution in [1.82, 2.24) is 25.4 Å². The summed E-state index contributed by atoms with van der Waals surface area (Å²) in [6.07, 6.45) is 1.80. The van der Waals surface area contributed by atoms with Crippen LogP contribution in [-0.4, -0.2) is 32.5 Å². The second kappa shape index (κ2) is 5.95. The Morgan fingerprint density at radius 3 is 2.68 bits per heavy atom. The third kappa shape index (κ3) is 2.38. The SMILES string of the molecule is COc1cc2nc(-c3c[nH]nc3C(F)(F)F)c3c(c2c2cn[nH]c12)CCCC3. The van der Waals surface area contributed by atoms with Gasteiger partial charge in [-0.3, -0.25) is 10.2 Å². The Morgan fingerprint density at radius 1 is 1.14 bits per heavy atom. The van der Waals surface area contributed by atoms with E-state index in [1.54, 1.807) is 19.4 Å². The lowest BCUT2D eigenvalue weighted by atomic mass is 9.85. The normalized spacial score (nSPS) is 14.6. The molecule has 0 saturated carbocycles. The van der Waals surface area contributed by atoms with Gasteiger partial charge in [-0.2, -0.15) is 23.4 Å². The largest absolute Gasteiger partial charge is 0.494 e. The lowest BCUT2D eigenvalue weighted by Gasteiger charge is -2.22. The Kier molecular flexibility index (Phi) is 3.62. The third-order valence-corrected chi connectivity index (χ3v) is 5.35. The number of nitrogens with one attached hydrogen (secondary N) is 2. The Hall–Kier alpha value is -3.10. The molecule has 0 saturated heterocycles. The van der Waals surface area contributed by atoms with Gasteiger partial charge in [-0.25, -0.2) is 4.98 Å². The number of hydrogen-bond acceptors (Lipinski definition) is 4. The number of alkyl halides is 3.